The summed E-state index contributed by atoms with van der Waals surface area (Å²) >= 11 is 0. The maximum absolute atomic E-state index is 10.7. The van der Waals surface area contributed by atoms with Gasteiger partial charge >= 0.3 is 0 Å². The lowest BCUT2D eigenvalue weighted by molar-refractivity contribution is -0.930. The Morgan fingerprint density at radius 3 is 1.97 bits per heavy atom. The molecular weight excluding hydrogens is 358 g/mol. The van der Waals surface area contributed by atoms with E-state index in [1.54, 1.807) is 0 Å². The van der Waals surface area contributed by atoms with Crippen molar-refractivity contribution in [1.29, 1.82) is 0 Å². The number of rotatable bonds is 11. The molecule has 29 heavy (non-hydrogen) atoms. The maximum Gasteiger partial charge on any atom is 0.137 e. The number of hydrogen-bond donors (Lipinski definition) is 2. The van der Waals surface area contributed by atoms with Crippen LogP contribution in [0.3, 0.4) is 0 Å². The average molecular weight is 389 g/mol. The molecule has 0 fully saturated rings. The fraction of sp³-hybridized carbons (Fsp3) is 0.231. The van der Waals surface area contributed by atoms with Gasteiger partial charge in [0.2, 0.25) is 0 Å². The summed E-state index contributed by atoms with van der Waals surface area (Å²) < 4.78 is 5.94. The molecule has 3 rings (SSSR count). The molecule has 0 saturated heterocycles. The molecule has 3 nitrogen and oxygen atoms in total. The van der Waals surface area contributed by atoms with E-state index in [1.807, 2.05) is 42.5 Å². The van der Waals surface area contributed by atoms with Crippen LogP contribution in [0.15, 0.2) is 97.6 Å². The molecule has 3 aromatic rings. The van der Waals surface area contributed by atoms with Crippen LogP contribution in [0.1, 0.15) is 16.7 Å². The number of para-hydroxylation sites is 1. The van der Waals surface area contributed by atoms with Gasteiger partial charge in [0.25, 0.3) is 0 Å². The minimum atomic E-state index is -0.547. The van der Waals surface area contributed by atoms with E-state index >= 15 is 0 Å². The number of hydrogen-bond acceptors (Lipinski definition) is 2. The fourth-order valence-corrected chi connectivity index (χ4v) is 3.52. The van der Waals surface area contributed by atoms with Crippen LogP contribution in [0.5, 0.6) is 5.75 Å². The molecule has 0 aliphatic heterocycles. The topological polar surface area (TPSA) is 33.9 Å². The zero-order chi connectivity index (χ0) is 20.3. The molecule has 0 heterocycles. The number of benzene rings is 3. The molecule has 3 heteroatoms. The highest BCUT2D eigenvalue weighted by Gasteiger charge is 2.17. The van der Waals surface area contributed by atoms with Crippen LogP contribution in [-0.2, 0) is 19.5 Å². The number of nitrogens with one attached hydrogen (secondary N) is 1. The maximum atomic E-state index is 10.7. The SMILES string of the molecule is C=CCc1ccccc1OC[C@H](O)C[NH+](Cc1ccccc1)Cc1ccccc1. The Bertz CT molecular complexity index is 823. The lowest BCUT2D eigenvalue weighted by atomic mass is 10.1. The van der Waals surface area contributed by atoms with E-state index in [1.165, 1.54) is 16.0 Å². The Kier molecular flexibility index (Phi) is 8.05. The van der Waals surface area contributed by atoms with Gasteiger partial charge in [-0.25, -0.2) is 0 Å². The summed E-state index contributed by atoms with van der Waals surface area (Å²) in [5.41, 5.74) is 3.62. The molecule has 0 amide bonds. The van der Waals surface area contributed by atoms with Crippen LogP contribution in [0.2, 0.25) is 0 Å². The molecule has 0 aliphatic rings. The highest BCUT2D eigenvalue weighted by atomic mass is 16.5. The van der Waals surface area contributed by atoms with Gasteiger partial charge < -0.3 is 14.7 Å². The Balaban J connectivity index is 1.62. The monoisotopic (exact) mass is 388 g/mol. The molecule has 1 atom stereocenters. The Morgan fingerprint density at radius 2 is 1.38 bits per heavy atom. The predicted molar refractivity (Wildman–Crippen MR) is 118 cm³/mol. The van der Waals surface area contributed by atoms with Gasteiger partial charge in [-0.1, -0.05) is 84.9 Å². The molecule has 0 aliphatic carbocycles. The third-order valence-electron chi connectivity index (χ3n) is 4.89. The highest BCUT2D eigenvalue weighted by Crippen LogP contribution is 2.18. The summed E-state index contributed by atoms with van der Waals surface area (Å²) in [5, 5.41) is 10.7. The Morgan fingerprint density at radius 1 is 0.828 bits per heavy atom. The molecule has 0 bridgehead atoms. The standard InChI is InChI=1S/C26H29NO2/c1-2-11-24-16-9-10-17-26(24)29-21-25(28)20-27(18-22-12-5-3-6-13-22)19-23-14-7-4-8-15-23/h2-10,12-17,25,28H,1,11,18-21H2/p+1/t25-/m1/s1. The normalized spacial score (nSPS) is 11.9. The summed E-state index contributed by atoms with van der Waals surface area (Å²) in [6, 6.07) is 28.8. The summed E-state index contributed by atoms with van der Waals surface area (Å²) in [4.78, 5) is 1.30. The van der Waals surface area contributed by atoms with E-state index in [4.69, 9.17) is 4.74 Å². The predicted octanol–water partition coefficient (Wildman–Crippen LogP) is 3.44. The highest BCUT2D eigenvalue weighted by molar-refractivity contribution is 5.34. The first-order valence-electron chi connectivity index (χ1n) is 10.2. The molecule has 150 valence electrons. The molecule has 0 saturated carbocycles. The summed E-state index contributed by atoms with van der Waals surface area (Å²) in [5.74, 6) is 0.819. The quantitative estimate of drug-likeness (QED) is 0.494. The minimum Gasteiger partial charge on any atom is -0.490 e. The molecule has 0 radical (unpaired) electrons. The second-order valence-electron chi connectivity index (χ2n) is 7.34. The van der Waals surface area contributed by atoms with Gasteiger partial charge in [0.1, 0.15) is 38.1 Å². The van der Waals surface area contributed by atoms with Crippen molar-refractivity contribution in [2.45, 2.75) is 25.6 Å². The molecule has 3 aromatic carbocycles. The van der Waals surface area contributed by atoms with Gasteiger partial charge in [-0.15, -0.1) is 6.58 Å². The zero-order valence-corrected chi connectivity index (χ0v) is 16.8. The van der Waals surface area contributed by atoms with Gasteiger partial charge in [-0.3, -0.25) is 0 Å². The molecule has 0 aromatic heterocycles. The number of ether oxygens (including phenoxy) is 1. The lowest BCUT2D eigenvalue weighted by Crippen LogP contribution is -3.10. The third-order valence-corrected chi connectivity index (χ3v) is 4.89. The third kappa shape index (κ3) is 6.90. The van der Waals surface area contributed by atoms with E-state index in [-0.39, 0.29) is 6.61 Å². The van der Waals surface area contributed by atoms with Crippen molar-refractivity contribution in [3.05, 3.63) is 114 Å². The summed E-state index contributed by atoms with van der Waals surface area (Å²) in [6.45, 7) is 6.42. The number of aliphatic hydroxyl groups is 1. The first kappa shape index (κ1) is 20.8. The van der Waals surface area contributed by atoms with E-state index in [9.17, 15) is 5.11 Å². The number of allylic oxidation sites excluding steroid dienone is 1. The Hall–Kier alpha value is -2.88. The van der Waals surface area contributed by atoms with Gasteiger partial charge in [-0.05, 0) is 18.1 Å². The first-order valence-corrected chi connectivity index (χ1v) is 10.2. The van der Waals surface area contributed by atoms with Crippen molar-refractivity contribution in [3.63, 3.8) is 0 Å². The van der Waals surface area contributed by atoms with Crippen molar-refractivity contribution in [2.24, 2.45) is 0 Å². The second-order valence-corrected chi connectivity index (χ2v) is 7.34. The first-order chi connectivity index (χ1) is 14.2. The molecular formula is C26H30NO2+. The summed E-state index contributed by atoms with van der Waals surface area (Å²) in [7, 11) is 0. The van der Waals surface area contributed by atoms with Gasteiger partial charge in [-0.2, -0.15) is 0 Å². The van der Waals surface area contributed by atoms with Crippen molar-refractivity contribution in [3.8, 4) is 5.75 Å². The molecule has 0 unspecified atom stereocenters. The van der Waals surface area contributed by atoms with Crippen LogP contribution in [-0.4, -0.2) is 24.4 Å². The molecule has 2 N–H and O–H groups in total. The summed E-state index contributed by atoms with van der Waals surface area (Å²) in [6.07, 6.45) is 2.07. The van der Waals surface area contributed by atoms with Crippen molar-refractivity contribution < 1.29 is 14.7 Å². The van der Waals surface area contributed by atoms with Gasteiger partial charge in [0.05, 0.1) is 0 Å². The number of quaternary nitrogens is 1. The average Bonchev–Trinajstić information content (AvgIpc) is 2.75. The van der Waals surface area contributed by atoms with Gasteiger partial charge in [0.15, 0.2) is 0 Å². The second kappa shape index (κ2) is 11.2. The zero-order valence-electron chi connectivity index (χ0n) is 16.8. The van der Waals surface area contributed by atoms with E-state index in [2.05, 4.69) is 55.1 Å². The van der Waals surface area contributed by atoms with Crippen molar-refractivity contribution >= 4 is 0 Å². The minimum absolute atomic E-state index is 0.279. The number of aliphatic hydroxyl groups excluding tert-OH is 1. The molecule has 0 spiro atoms. The van der Waals surface area contributed by atoms with E-state index < -0.39 is 6.10 Å². The Labute approximate surface area is 173 Å². The van der Waals surface area contributed by atoms with E-state index in [0.717, 1.165) is 30.8 Å². The lowest BCUT2D eigenvalue weighted by Gasteiger charge is -2.23. The fourth-order valence-electron chi connectivity index (χ4n) is 3.52. The van der Waals surface area contributed by atoms with Crippen LogP contribution in [0.25, 0.3) is 0 Å². The van der Waals surface area contributed by atoms with Crippen molar-refractivity contribution in [2.75, 3.05) is 13.2 Å². The van der Waals surface area contributed by atoms with E-state index in [0.29, 0.717) is 6.54 Å². The van der Waals surface area contributed by atoms with Gasteiger partial charge in [0, 0.05) is 11.1 Å². The largest absolute Gasteiger partial charge is 0.490 e. The van der Waals surface area contributed by atoms with Crippen LogP contribution in [0, 0.1) is 0 Å². The van der Waals surface area contributed by atoms with Crippen LogP contribution < -0.4 is 9.64 Å². The smallest absolute Gasteiger partial charge is 0.137 e. The van der Waals surface area contributed by atoms with Crippen LogP contribution >= 0.6 is 0 Å². The van der Waals surface area contributed by atoms with Crippen molar-refractivity contribution in [1.82, 2.24) is 0 Å². The van der Waals surface area contributed by atoms with Crippen LogP contribution in [0.4, 0.5) is 0 Å².